The molecule has 0 aromatic heterocycles. The number of amides is 1. The Balaban J connectivity index is 1.40. The van der Waals surface area contributed by atoms with E-state index in [0.29, 0.717) is 25.1 Å². The Labute approximate surface area is 165 Å². The molecule has 0 atom stereocenters. The van der Waals surface area contributed by atoms with E-state index in [1.54, 1.807) is 14.0 Å². The van der Waals surface area contributed by atoms with E-state index in [1.165, 1.54) is 0 Å². The van der Waals surface area contributed by atoms with Crippen LogP contribution in [0.2, 0.25) is 0 Å². The van der Waals surface area contributed by atoms with Gasteiger partial charge in [-0.2, -0.15) is 0 Å². The summed E-state index contributed by atoms with van der Waals surface area (Å²) in [6.45, 7) is 4.60. The minimum absolute atomic E-state index is 0.0469. The van der Waals surface area contributed by atoms with Gasteiger partial charge in [-0.3, -0.25) is 9.59 Å². The highest BCUT2D eigenvalue weighted by molar-refractivity contribution is 6.01. The quantitative estimate of drug-likeness (QED) is 0.769. The highest BCUT2D eigenvalue weighted by atomic mass is 16.5. The molecule has 5 heteroatoms. The lowest BCUT2D eigenvalue weighted by atomic mass is 10.0. The monoisotopic (exact) mass is 376 g/mol. The van der Waals surface area contributed by atoms with Crippen molar-refractivity contribution in [3.63, 3.8) is 0 Å². The molecule has 4 rings (SSSR count). The zero-order valence-corrected chi connectivity index (χ0v) is 16.3. The summed E-state index contributed by atoms with van der Waals surface area (Å²) in [5, 5.41) is 0. The molecule has 1 aliphatic carbocycles. The molecule has 1 heterocycles. The number of nitrogens with zero attached hydrogens (tertiary/aromatic N) is 2. The van der Waals surface area contributed by atoms with Gasteiger partial charge in [-0.1, -0.05) is 12.1 Å². The molecule has 0 bridgehead atoms. The second kappa shape index (κ2) is 7.50. The summed E-state index contributed by atoms with van der Waals surface area (Å²) >= 11 is 0. The smallest absolute Gasteiger partial charge is 0.250 e. The van der Waals surface area contributed by atoms with Gasteiger partial charge in [0.1, 0.15) is 5.75 Å². The third kappa shape index (κ3) is 3.52. The van der Waals surface area contributed by atoms with E-state index in [1.807, 2.05) is 41.3 Å². The van der Waals surface area contributed by atoms with Gasteiger partial charge < -0.3 is 14.5 Å². The number of ether oxygens (including phenoxy) is 1. The molecule has 0 N–H and O–H groups in total. The minimum atomic E-state index is 0.0469. The number of hydrogen-bond acceptors (Lipinski definition) is 4. The van der Waals surface area contributed by atoms with Crippen LogP contribution in [-0.4, -0.2) is 49.9 Å². The maximum atomic E-state index is 13.0. The summed E-state index contributed by atoms with van der Waals surface area (Å²) in [5.74, 6) is 0.999. The van der Waals surface area contributed by atoms with E-state index < -0.39 is 0 Å². The number of piperazine rings is 1. The van der Waals surface area contributed by atoms with E-state index >= 15 is 0 Å². The summed E-state index contributed by atoms with van der Waals surface area (Å²) in [4.78, 5) is 28.8. The van der Waals surface area contributed by atoms with Crippen LogP contribution in [0.1, 0.15) is 28.4 Å². The van der Waals surface area contributed by atoms with Crippen molar-refractivity contribution in [2.45, 2.75) is 13.3 Å². The van der Waals surface area contributed by atoms with Gasteiger partial charge in [0, 0.05) is 49.4 Å². The summed E-state index contributed by atoms with van der Waals surface area (Å²) in [6, 6.07) is 13.7. The number of hydrogen-bond donors (Lipinski definition) is 0. The third-order valence-corrected chi connectivity index (χ3v) is 5.54. The fraction of sp³-hybridized carbons (Fsp3) is 0.304. The van der Waals surface area contributed by atoms with Crippen LogP contribution in [0.4, 0.5) is 5.69 Å². The van der Waals surface area contributed by atoms with Crippen LogP contribution < -0.4 is 9.64 Å². The first-order valence-electron chi connectivity index (χ1n) is 9.58. The van der Waals surface area contributed by atoms with Gasteiger partial charge in [0.15, 0.2) is 5.78 Å². The number of methoxy groups -OCH3 is 1. The van der Waals surface area contributed by atoms with Crippen LogP contribution in [0.3, 0.4) is 0 Å². The second-order valence-corrected chi connectivity index (χ2v) is 7.29. The lowest BCUT2D eigenvalue weighted by Crippen LogP contribution is -2.49. The summed E-state index contributed by atoms with van der Waals surface area (Å²) in [7, 11) is 1.66. The van der Waals surface area contributed by atoms with Crippen LogP contribution in [0.5, 0.6) is 5.75 Å². The fourth-order valence-electron chi connectivity index (χ4n) is 3.85. The van der Waals surface area contributed by atoms with Gasteiger partial charge in [-0.15, -0.1) is 0 Å². The summed E-state index contributed by atoms with van der Waals surface area (Å²) < 4.78 is 5.21. The van der Waals surface area contributed by atoms with Crippen LogP contribution in [0.25, 0.3) is 6.08 Å². The van der Waals surface area contributed by atoms with E-state index in [-0.39, 0.29) is 11.7 Å². The van der Waals surface area contributed by atoms with Gasteiger partial charge in [-0.25, -0.2) is 0 Å². The lowest BCUT2D eigenvalue weighted by Gasteiger charge is -2.36. The molecule has 1 saturated heterocycles. The Hall–Kier alpha value is -3.08. The largest absolute Gasteiger partial charge is 0.497 e. The average Bonchev–Trinajstić information content (AvgIpc) is 3.17. The first-order valence-corrected chi connectivity index (χ1v) is 9.58. The van der Waals surface area contributed by atoms with Crippen molar-refractivity contribution >= 4 is 23.5 Å². The molecular weight excluding hydrogens is 352 g/mol. The Bertz CT molecular complexity index is 939. The molecule has 5 nitrogen and oxygen atoms in total. The van der Waals surface area contributed by atoms with Crippen molar-refractivity contribution in [1.29, 1.82) is 0 Å². The fourth-order valence-corrected chi connectivity index (χ4v) is 3.85. The number of carbonyl (C=O) groups is 2. The topological polar surface area (TPSA) is 49.9 Å². The molecule has 0 saturated carbocycles. The van der Waals surface area contributed by atoms with E-state index in [9.17, 15) is 9.59 Å². The molecule has 0 radical (unpaired) electrons. The van der Waals surface area contributed by atoms with Crippen molar-refractivity contribution in [3.8, 4) is 5.75 Å². The predicted octanol–water partition coefficient (Wildman–Crippen LogP) is 3.19. The molecule has 2 aliphatic rings. The van der Waals surface area contributed by atoms with Gasteiger partial charge >= 0.3 is 0 Å². The molecule has 1 aliphatic heterocycles. The second-order valence-electron chi connectivity index (χ2n) is 7.29. The summed E-state index contributed by atoms with van der Waals surface area (Å²) in [5.41, 5.74) is 4.76. The molecule has 28 heavy (non-hydrogen) atoms. The van der Waals surface area contributed by atoms with Crippen LogP contribution in [0, 0.1) is 0 Å². The summed E-state index contributed by atoms with van der Waals surface area (Å²) in [6.07, 6.45) is 2.59. The SMILES string of the molecule is COc1ccc(N2CCN(C(=O)C3=Cc4cc(C(C)=O)ccc4C3)CC2)cc1. The molecule has 144 valence electrons. The van der Waals surface area contributed by atoms with Crippen molar-refractivity contribution in [1.82, 2.24) is 4.90 Å². The van der Waals surface area contributed by atoms with Crippen molar-refractivity contribution in [2.24, 2.45) is 0 Å². The average molecular weight is 376 g/mol. The van der Waals surface area contributed by atoms with E-state index in [2.05, 4.69) is 17.0 Å². The van der Waals surface area contributed by atoms with Gasteiger partial charge in [0.05, 0.1) is 7.11 Å². The first-order chi connectivity index (χ1) is 13.5. The minimum Gasteiger partial charge on any atom is -0.497 e. The maximum absolute atomic E-state index is 13.0. The number of carbonyl (C=O) groups excluding carboxylic acids is 2. The Kier molecular flexibility index (Phi) is 4.90. The standard InChI is InChI=1S/C23H24N2O3/c1-16(26)17-3-4-18-14-20(15-19(18)13-17)23(27)25-11-9-24(10-12-25)21-5-7-22(28-2)8-6-21/h3-8,13,15H,9-12,14H2,1-2H3. The molecular formula is C23H24N2O3. The van der Waals surface area contributed by atoms with Gasteiger partial charge in [0.25, 0.3) is 0 Å². The number of rotatable bonds is 4. The molecule has 0 spiro atoms. The number of benzene rings is 2. The van der Waals surface area contributed by atoms with Crippen LogP contribution in [0.15, 0.2) is 48.0 Å². The lowest BCUT2D eigenvalue weighted by molar-refractivity contribution is -0.127. The predicted molar refractivity (Wildman–Crippen MR) is 110 cm³/mol. The Morgan fingerprint density at radius 1 is 0.964 bits per heavy atom. The molecule has 2 aromatic carbocycles. The Morgan fingerprint density at radius 2 is 1.68 bits per heavy atom. The van der Waals surface area contributed by atoms with E-state index in [0.717, 1.165) is 41.2 Å². The Morgan fingerprint density at radius 3 is 2.32 bits per heavy atom. The molecule has 1 fully saturated rings. The van der Waals surface area contributed by atoms with Crippen molar-refractivity contribution in [2.75, 3.05) is 38.2 Å². The number of fused-ring (bicyclic) bond motifs is 1. The highest BCUT2D eigenvalue weighted by Gasteiger charge is 2.26. The van der Waals surface area contributed by atoms with Gasteiger partial charge in [-0.05, 0) is 54.5 Å². The molecule has 2 aromatic rings. The zero-order chi connectivity index (χ0) is 19.7. The van der Waals surface area contributed by atoms with Gasteiger partial charge in [0.2, 0.25) is 5.91 Å². The number of anilines is 1. The first kappa shape index (κ1) is 18.3. The number of ketones is 1. The van der Waals surface area contributed by atoms with Crippen molar-refractivity contribution in [3.05, 3.63) is 64.7 Å². The zero-order valence-electron chi connectivity index (χ0n) is 16.3. The van der Waals surface area contributed by atoms with Crippen LogP contribution in [-0.2, 0) is 11.2 Å². The van der Waals surface area contributed by atoms with E-state index in [4.69, 9.17) is 4.74 Å². The normalized spacial score (nSPS) is 15.9. The molecule has 0 unspecified atom stereocenters. The highest BCUT2D eigenvalue weighted by Crippen LogP contribution is 2.28. The third-order valence-electron chi connectivity index (χ3n) is 5.54. The van der Waals surface area contributed by atoms with Crippen molar-refractivity contribution < 1.29 is 14.3 Å². The maximum Gasteiger partial charge on any atom is 0.250 e. The van der Waals surface area contributed by atoms with Crippen LogP contribution >= 0.6 is 0 Å². The molecule has 1 amide bonds. The number of Topliss-reactive ketones (excluding diaryl/α,β-unsaturated/α-hetero) is 1.